The molecule has 4 aromatic rings. The summed E-state index contributed by atoms with van der Waals surface area (Å²) in [6, 6.07) is 17.2. The maximum atomic E-state index is 12.6. The van der Waals surface area contributed by atoms with Crippen LogP contribution in [0.1, 0.15) is 0 Å². The minimum Gasteiger partial charge on any atom is -0.268 e. The Hall–Kier alpha value is -3.30. The van der Waals surface area contributed by atoms with Crippen LogP contribution in [0.25, 0.3) is 16.6 Å². The van der Waals surface area contributed by atoms with Gasteiger partial charge in [0.25, 0.3) is 5.56 Å². The maximum Gasteiger partial charge on any atom is 0.266 e. The summed E-state index contributed by atoms with van der Waals surface area (Å²) in [4.78, 5) is 12.2. The zero-order valence-electron chi connectivity index (χ0n) is 14.8. The van der Waals surface area contributed by atoms with Crippen molar-refractivity contribution in [2.75, 3.05) is 6.54 Å². The fraction of sp³-hybridized carbons (Fsp3) is 0.105. The lowest BCUT2D eigenvalue weighted by Crippen LogP contribution is -2.32. The molecule has 142 valence electrons. The first-order valence-electron chi connectivity index (χ1n) is 8.60. The molecule has 0 spiro atoms. The topological polar surface area (TPSA) is 98.9 Å². The zero-order chi connectivity index (χ0) is 19.6. The molecule has 0 saturated heterocycles. The summed E-state index contributed by atoms with van der Waals surface area (Å²) in [7, 11) is -3.70. The third-order valence-corrected chi connectivity index (χ3v) is 5.70. The third-order valence-electron chi connectivity index (χ3n) is 4.24. The number of aromatic nitrogens is 4. The number of rotatable bonds is 6. The highest BCUT2D eigenvalue weighted by atomic mass is 32.2. The average molecular weight is 395 g/mol. The summed E-state index contributed by atoms with van der Waals surface area (Å²) in [6.45, 7) is 0.130. The molecule has 0 fully saturated rings. The minimum atomic E-state index is -3.70. The summed E-state index contributed by atoms with van der Waals surface area (Å²) < 4.78 is 30.4. The number of nitrogens with one attached hydrogen (secondary N) is 1. The Balaban J connectivity index is 1.49. The third kappa shape index (κ3) is 3.71. The number of hydrogen-bond acceptors (Lipinski definition) is 5. The Bertz CT molecular complexity index is 1280. The molecule has 0 radical (unpaired) electrons. The van der Waals surface area contributed by atoms with Crippen LogP contribution in [0.5, 0.6) is 0 Å². The molecule has 0 aliphatic rings. The molecule has 0 aliphatic carbocycles. The first-order valence-corrected chi connectivity index (χ1v) is 10.1. The quantitative estimate of drug-likeness (QED) is 0.534. The van der Waals surface area contributed by atoms with Crippen molar-refractivity contribution in [1.82, 2.24) is 24.3 Å². The molecule has 0 atom stereocenters. The van der Waals surface area contributed by atoms with E-state index in [0.717, 1.165) is 10.8 Å². The van der Waals surface area contributed by atoms with Gasteiger partial charge in [-0.2, -0.15) is 5.10 Å². The Morgan fingerprint density at radius 2 is 1.79 bits per heavy atom. The molecule has 4 rings (SSSR count). The second-order valence-corrected chi connectivity index (χ2v) is 7.88. The van der Waals surface area contributed by atoms with Crippen LogP contribution in [0, 0.1) is 0 Å². The molecule has 0 saturated carbocycles. The predicted octanol–water partition coefficient (Wildman–Crippen LogP) is 1.56. The van der Waals surface area contributed by atoms with Crippen molar-refractivity contribution >= 4 is 20.8 Å². The highest BCUT2D eigenvalue weighted by Crippen LogP contribution is 2.18. The van der Waals surface area contributed by atoms with Gasteiger partial charge < -0.3 is 0 Å². The van der Waals surface area contributed by atoms with Gasteiger partial charge >= 0.3 is 0 Å². The van der Waals surface area contributed by atoms with Crippen molar-refractivity contribution in [3.05, 3.63) is 83.4 Å². The van der Waals surface area contributed by atoms with Crippen LogP contribution in [0.15, 0.2) is 82.7 Å². The molecule has 2 heterocycles. The van der Waals surface area contributed by atoms with Gasteiger partial charge in [0.1, 0.15) is 0 Å². The van der Waals surface area contributed by atoms with Crippen molar-refractivity contribution < 1.29 is 8.42 Å². The van der Waals surface area contributed by atoms with Crippen LogP contribution >= 0.6 is 0 Å². The number of fused-ring (bicyclic) bond motifs is 1. The molecular formula is C19H17N5O3S. The number of nitrogens with zero attached hydrogens (tertiary/aromatic N) is 4. The van der Waals surface area contributed by atoms with Crippen molar-refractivity contribution in [1.29, 1.82) is 0 Å². The van der Waals surface area contributed by atoms with E-state index in [1.807, 2.05) is 24.3 Å². The van der Waals surface area contributed by atoms with Crippen LogP contribution in [0.3, 0.4) is 0 Å². The highest BCUT2D eigenvalue weighted by Gasteiger charge is 2.14. The van der Waals surface area contributed by atoms with Gasteiger partial charge in [0.05, 0.1) is 11.4 Å². The number of sulfonamides is 1. The molecule has 2 aromatic heterocycles. The van der Waals surface area contributed by atoms with E-state index in [1.54, 1.807) is 42.7 Å². The summed E-state index contributed by atoms with van der Waals surface area (Å²) in [5.74, 6) is 0.474. The standard InChI is InChI=1S/C19H17N5O3S/c25-19-9-8-18(23-12-3-10-20-23)22-24(19)13-11-21-28(26,27)17-7-6-15-4-1-2-5-16(15)14-17/h1-10,12,14,21H,11,13H2. The summed E-state index contributed by atoms with van der Waals surface area (Å²) in [5, 5.41) is 10.1. The average Bonchev–Trinajstić information content (AvgIpc) is 3.24. The molecule has 8 nitrogen and oxygen atoms in total. The van der Waals surface area contributed by atoms with Gasteiger partial charge in [-0.15, -0.1) is 5.10 Å². The first-order chi connectivity index (χ1) is 13.5. The second-order valence-electron chi connectivity index (χ2n) is 6.11. The van der Waals surface area contributed by atoms with E-state index in [9.17, 15) is 13.2 Å². The van der Waals surface area contributed by atoms with Crippen molar-refractivity contribution in [2.24, 2.45) is 0 Å². The van der Waals surface area contributed by atoms with E-state index in [2.05, 4.69) is 14.9 Å². The SMILES string of the molecule is O=c1ccc(-n2cccn2)nn1CCNS(=O)(=O)c1ccc2ccccc2c1. The molecule has 9 heteroatoms. The Labute approximate surface area is 161 Å². The van der Waals surface area contributed by atoms with E-state index >= 15 is 0 Å². The molecular weight excluding hydrogens is 378 g/mol. The van der Waals surface area contributed by atoms with Gasteiger partial charge in [-0.1, -0.05) is 30.3 Å². The van der Waals surface area contributed by atoms with Gasteiger partial charge in [-0.3, -0.25) is 4.79 Å². The lowest BCUT2D eigenvalue weighted by molar-refractivity contribution is 0.542. The van der Waals surface area contributed by atoms with E-state index in [1.165, 1.54) is 15.4 Å². The van der Waals surface area contributed by atoms with Crippen molar-refractivity contribution in [3.63, 3.8) is 0 Å². The number of hydrogen-bond donors (Lipinski definition) is 1. The fourth-order valence-electron chi connectivity index (χ4n) is 2.83. The van der Waals surface area contributed by atoms with Crippen LogP contribution in [-0.4, -0.2) is 34.5 Å². The van der Waals surface area contributed by atoms with Gasteiger partial charge in [0.15, 0.2) is 5.82 Å². The van der Waals surface area contributed by atoms with Gasteiger partial charge in [-0.05, 0) is 35.0 Å². The lowest BCUT2D eigenvalue weighted by Gasteiger charge is -2.10. The zero-order valence-corrected chi connectivity index (χ0v) is 15.6. The Morgan fingerprint density at radius 3 is 2.57 bits per heavy atom. The smallest absolute Gasteiger partial charge is 0.266 e. The fourth-order valence-corrected chi connectivity index (χ4v) is 3.88. The largest absolute Gasteiger partial charge is 0.268 e. The van der Waals surface area contributed by atoms with E-state index in [-0.39, 0.29) is 23.5 Å². The second kappa shape index (κ2) is 7.37. The van der Waals surface area contributed by atoms with Gasteiger partial charge in [0, 0.05) is 25.0 Å². The molecule has 0 aliphatic heterocycles. The minimum absolute atomic E-state index is 0.0324. The van der Waals surface area contributed by atoms with Crippen LogP contribution in [0.2, 0.25) is 0 Å². The molecule has 0 unspecified atom stereocenters. The Kier molecular flexibility index (Phi) is 4.76. The van der Waals surface area contributed by atoms with E-state index in [4.69, 9.17) is 0 Å². The molecule has 0 bridgehead atoms. The van der Waals surface area contributed by atoms with Crippen LogP contribution in [0.4, 0.5) is 0 Å². The highest BCUT2D eigenvalue weighted by molar-refractivity contribution is 7.89. The normalized spacial score (nSPS) is 11.7. The predicted molar refractivity (Wildman–Crippen MR) is 105 cm³/mol. The van der Waals surface area contributed by atoms with Gasteiger partial charge in [0.2, 0.25) is 10.0 Å². The molecule has 28 heavy (non-hydrogen) atoms. The summed E-state index contributed by atoms with van der Waals surface area (Å²) in [5.41, 5.74) is -0.319. The van der Waals surface area contributed by atoms with Crippen LogP contribution < -0.4 is 10.3 Å². The van der Waals surface area contributed by atoms with Crippen molar-refractivity contribution in [2.45, 2.75) is 11.4 Å². The maximum absolute atomic E-state index is 12.6. The van der Waals surface area contributed by atoms with E-state index < -0.39 is 10.0 Å². The molecule has 2 aromatic carbocycles. The van der Waals surface area contributed by atoms with Gasteiger partial charge in [-0.25, -0.2) is 22.5 Å². The monoisotopic (exact) mass is 395 g/mol. The van der Waals surface area contributed by atoms with E-state index in [0.29, 0.717) is 5.82 Å². The van der Waals surface area contributed by atoms with Crippen LogP contribution in [-0.2, 0) is 16.6 Å². The lowest BCUT2D eigenvalue weighted by atomic mass is 10.1. The molecule has 0 amide bonds. The summed E-state index contributed by atoms with van der Waals surface area (Å²) in [6.07, 6.45) is 3.31. The Morgan fingerprint density at radius 1 is 0.964 bits per heavy atom. The first kappa shape index (κ1) is 18.1. The summed E-state index contributed by atoms with van der Waals surface area (Å²) >= 11 is 0. The van der Waals surface area contributed by atoms with Crippen molar-refractivity contribution in [3.8, 4) is 5.82 Å². The molecule has 1 N–H and O–H groups in total. The number of benzene rings is 2.